The molecule has 4 heterocycles. The number of hydrogen-bond acceptors (Lipinski definition) is 5. The molecule has 2 saturated heterocycles. The van der Waals surface area contributed by atoms with Crippen LogP contribution < -0.4 is 5.32 Å². The highest BCUT2D eigenvalue weighted by Crippen LogP contribution is 2.41. The minimum Gasteiger partial charge on any atom is -0.339 e. The first-order valence-corrected chi connectivity index (χ1v) is 12.8. The maximum atomic E-state index is 13.9. The minimum absolute atomic E-state index is 0.00149. The SMILES string of the molecule is Cc1cccc(C(=O)N2CCC([C@@]3(c4ccccn4)NC(=O)N(CCc4cccs4)C3=O)CC2)c1. The van der Waals surface area contributed by atoms with E-state index in [0.717, 1.165) is 10.4 Å². The van der Waals surface area contributed by atoms with Crippen molar-refractivity contribution in [3.63, 3.8) is 0 Å². The van der Waals surface area contributed by atoms with E-state index in [9.17, 15) is 14.4 Å². The lowest BCUT2D eigenvalue weighted by Crippen LogP contribution is -2.54. The molecule has 2 aliphatic heterocycles. The lowest BCUT2D eigenvalue weighted by atomic mass is 9.75. The van der Waals surface area contributed by atoms with Gasteiger partial charge in [-0.1, -0.05) is 29.8 Å². The number of rotatable bonds is 6. The van der Waals surface area contributed by atoms with Gasteiger partial charge < -0.3 is 10.2 Å². The van der Waals surface area contributed by atoms with Gasteiger partial charge in [0, 0.05) is 42.2 Å². The molecule has 2 fully saturated rings. The molecule has 0 aliphatic carbocycles. The fourth-order valence-corrected chi connectivity index (χ4v) is 5.90. The number of aromatic nitrogens is 1. The third-order valence-corrected chi connectivity index (χ3v) is 7.96. The van der Waals surface area contributed by atoms with E-state index in [4.69, 9.17) is 0 Å². The number of nitrogens with one attached hydrogen (secondary N) is 1. The Morgan fingerprint density at radius 2 is 1.94 bits per heavy atom. The topological polar surface area (TPSA) is 82.6 Å². The van der Waals surface area contributed by atoms with Crippen LogP contribution in [0.4, 0.5) is 4.79 Å². The number of piperidine rings is 1. The molecule has 2 aliphatic rings. The number of imide groups is 1. The van der Waals surface area contributed by atoms with Gasteiger partial charge in [0.2, 0.25) is 0 Å². The summed E-state index contributed by atoms with van der Waals surface area (Å²) in [5, 5.41) is 5.03. The number of amides is 4. The summed E-state index contributed by atoms with van der Waals surface area (Å²) in [6.07, 6.45) is 3.47. The summed E-state index contributed by atoms with van der Waals surface area (Å²) in [5.41, 5.74) is 1.06. The molecule has 0 unspecified atom stereocenters. The Balaban J connectivity index is 1.37. The first-order chi connectivity index (χ1) is 17.0. The standard InChI is InChI=1S/C27H28N4O3S/c1-19-6-4-7-20(18-19)24(32)30-14-10-21(11-15-30)27(23-9-2-3-13-28-23)25(33)31(26(34)29-27)16-12-22-8-5-17-35-22/h2-9,13,17-18,21H,10-12,14-16H2,1H3,(H,29,34)/t27-/m0/s1. The van der Waals surface area contributed by atoms with Gasteiger partial charge >= 0.3 is 6.03 Å². The van der Waals surface area contributed by atoms with E-state index >= 15 is 0 Å². The van der Waals surface area contributed by atoms with Crippen LogP contribution >= 0.6 is 11.3 Å². The van der Waals surface area contributed by atoms with E-state index < -0.39 is 5.54 Å². The third kappa shape index (κ3) is 4.34. The molecule has 0 saturated carbocycles. The molecule has 1 N–H and O–H groups in total. The molecule has 35 heavy (non-hydrogen) atoms. The van der Waals surface area contributed by atoms with Crippen molar-refractivity contribution < 1.29 is 14.4 Å². The second kappa shape index (κ2) is 9.62. The van der Waals surface area contributed by atoms with Gasteiger partial charge in [-0.3, -0.25) is 19.5 Å². The number of likely N-dealkylation sites (tertiary alicyclic amines) is 1. The van der Waals surface area contributed by atoms with Crippen molar-refractivity contribution >= 4 is 29.2 Å². The number of urea groups is 1. The molecule has 5 rings (SSSR count). The van der Waals surface area contributed by atoms with Crippen molar-refractivity contribution in [2.75, 3.05) is 19.6 Å². The van der Waals surface area contributed by atoms with Crippen LogP contribution in [0.1, 0.15) is 39.3 Å². The van der Waals surface area contributed by atoms with Crippen LogP contribution in [0.2, 0.25) is 0 Å². The van der Waals surface area contributed by atoms with E-state index in [1.807, 2.05) is 65.7 Å². The molecular weight excluding hydrogens is 460 g/mol. The van der Waals surface area contributed by atoms with Crippen LogP contribution in [-0.4, -0.2) is 52.3 Å². The Kier molecular flexibility index (Phi) is 6.38. The fourth-order valence-electron chi connectivity index (χ4n) is 5.21. The summed E-state index contributed by atoms with van der Waals surface area (Å²) in [4.78, 5) is 48.8. The average molecular weight is 489 g/mol. The van der Waals surface area contributed by atoms with Gasteiger partial charge in [-0.2, -0.15) is 0 Å². The highest BCUT2D eigenvalue weighted by molar-refractivity contribution is 7.09. The van der Waals surface area contributed by atoms with E-state index in [0.29, 0.717) is 50.2 Å². The number of carbonyl (C=O) groups excluding carboxylic acids is 3. The predicted octanol–water partition coefficient (Wildman–Crippen LogP) is 3.99. The Labute approximate surface area is 208 Å². The van der Waals surface area contributed by atoms with Gasteiger partial charge in [0.25, 0.3) is 11.8 Å². The number of aryl methyl sites for hydroxylation is 1. The highest BCUT2D eigenvalue weighted by Gasteiger charge is 2.58. The highest BCUT2D eigenvalue weighted by atomic mass is 32.1. The van der Waals surface area contributed by atoms with E-state index in [-0.39, 0.29) is 23.8 Å². The molecule has 0 spiro atoms. The zero-order valence-corrected chi connectivity index (χ0v) is 20.5. The Hall–Kier alpha value is -3.52. The maximum Gasteiger partial charge on any atom is 0.325 e. The van der Waals surface area contributed by atoms with Crippen molar-refractivity contribution in [3.8, 4) is 0 Å². The summed E-state index contributed by atoms with van der Waals surface area (Å²) in [5.74, 6) is -0.415. The van der Waals surface area contributed by atoms with Gasteiger partial charge in [0.1, 0.15) is 0 Å². The number of benzene rings is 1. The third-order valence-electron chi connectivity index (χ3n) is 7.02. The molecule has 4 amide bonds. The Morgan fingerprint density at radius 3 is 2.63 bits per heavy atom. The van der Waals surface area contributed by atoms with Gasteiger partial charge in [0.15, 0.2) is 5.54 Å². The average Bonchev–Trinajstić information content (AvgIpc) is 3.49. The second-order valence-electron chi connectivity index (χ2n) is 9.18. The molecule has 0 radical (unpaired) electrons. The zero-order chi connectivity index (χ0) is 24.4. The predicted molar refractivity (Wildman–Crippen MR) is 134 cm³/mol. The fraction of sp³-hybridized carbons (Fsp3) is 0.333. The molecule has 3 aromatic rings. The van der Waals surface area contributed by atoms with Crippen molar-refractivity contribution in [3.05, 3.63) is 87.9 Å². The number of nitrogens with zero attached hydrogens (tertiary/aromatic N) is 3. The van der Waals surface area contributed by atoms with Crippen molar-refractivity contribution in [2.24, 2.45) is 5.92 Å². The van der Waals surface area contributed by atoms with Crippen LogP contribution in [-0.2, 0) is 16.8 Å². The zero-order valence-electron chi connectivity index (χ0n) is 19.6. The molecule has 0 bridgehead atoms. The van der Waals surface area contributed by atoms with E-state index in [1.54, 1.807) is 23.6 Å². The maximum absolute atomic E-state index is 13.9. The van der Waals surface area contributed by atoms with Crippen LogP contribution in [0.25, 0.3) is 0 Å². The van der Waals surface area contributed by atoms with Crippen molar-refractivity contribution in [2.45, 2.75) is 31.7 Å². The van der Waals surface area contributed by atoms with Crippen LogP contribution in [0.3, 0.4) is 0 Å². The Morgan fingerprint density at radius 1 is 1.11 bits per heavy atom. The molecule has 7 nitrogen and oxygen atoms in total. The van der Waals surface area contributed by atoms with E-state index in [2.05, 4.69) is 10.3 Å². The quantitative estimate of drug-likeness (QED) is 0.532. The summed E-state index contributed by atoms with van der Waals surface area (Å²) in [6, 6.07) is 16.7. The molecule has 1 aromatic carbocycles. The normalized spacial score (nSPS) is 20.8. The van der Waals surface area contributed by atoms with Crippen LogP contribution in [0.5, 0.6) is 0 Å². The van der Waals surface area contributed by atoms with Crippen molar-refractivity contribution in [1.82, 2.24) is 20.1 Å². The van der Waals surface area contributed by atoms with Gasteiger partial charge in [-0.15, -0.1) is 11.3 Å². The summed E-state index contributed by atoms with van der Waals surface area (Å²) in [7, 11) is 0. The molecule has 180 valence electrons. The number of hydrogen-bond donors (Lipinski definition) is 1. The van der Waals surface area contributed by atoms with E-state index in [1.165, 1.54) is 4.90 Å². The van der Waals surface area contributed by atoms with Gasteiger partial charge in [0.05, 0.1) is 5.69 Å². The summed E-state index contributed by atoms with van der Waals surface area (Å²) >= 11 is 1.62. The summed E-state index contributed by atoms with van der Waals surface area (Å²) < 4.78 is 0. The van der Waals surface area contributed by atoms with Gasteiger partial charge in [-0.05, 0) is 61.9 Å². The molecule has 8 heteroatoms. The monoisotopic (exact) mass is 488 g/mol. The number of carbonyl (C=O) groups is 3. The lowest BCUT2D eigenvalue weighted by Gasteiger charge is -2.40. The van der Waals surface area contributed by atoms with Crippen LogP contribution in [0, 0.1) is 12.8 Å². The molecular formula is C27H28N4O3S. The van der Waals surface area contributed by atoms with Gasteiger partial charge in [-0.25, -0.2) is 4.79 Å². The Bertz CT molecular complexity index is 1220. The number of thiophene rings is 1. The van der Waals surface area contributed by atoms with Crippen molar-refractivity contribution in [1.29, 1.82) is 0 Å². The smallest absolute Gasteiger partial charge is 0.325 e. The molecule has 2 aromatic heterocycles. The first-order valence-electron chi connectivity index (χ1n) is 11.9. The largest absolute Gasteiger partial charge is 0.339 e. The first kappa shape index (κ1) is 23.2. The summed E-state index contributed by atoms with van der Waals surface area (Å²) in [6.45, 7) is 3.33. The lowest BCUT2D eigenvalue weighted by molar-refractivity contribution is -0.134. The van der Waals surface area contributed by atoms with Crippen LogP contribution in [0.15, 0.2) is 66.2 Å². The minimum atomic E-state index is -1.22. The second-order valence-corrected chi connectivity index (χ2v) is 10.2. The molecule has 1 atom stereocenters. The number of pyridine rings is 1.